The van der Waals surface area contributed by atoms with Gasteiger partial charge in [0.2, 0.25) is 0 Å². The van der Waals surface area contributed by atoms with Crippen molar-refractivity contribution in [1.29, 1.82) is 0 Å². The topological polar surface area (TPSA) is 35.6 Å². The fourth-order valence-electron chi connectivity index (χ4n) is 3.62. The lowest BCUT2D eigenvalue weighted by Gasteiger charge is -2.40. The molecule has 1 N–H and O–H groups in total. The molecule has 0 unspecified atom stereocenters. The van der Waals surface area contributed by atoms with Crippen molar-refractivity contribution in [2.24, 2.45) is 0 Å². The summed E-state index contributed by atoms with van der Waals surface area (Å²) in [6.45, 7) is 4.61. The SMILES string of the molecule is O=C(NCC#Cc1ccccc1)N1CCC(N2CCCCC2)CC1. The number of hydrogen-bond acceptors (Lipinski definition) is 2. The van der Waals surface area contributed by atoms with E-state index < -0.39 is 0 Å². The molecule has 0 saturated carbocycles. The Hall–Kier alpha value is -1.99. The first-order valence-electron chi connectivity index (χ1n) is 9.14. The molecule has 3 rings (SSSR count). The number of nitrogens with one attached hydrogen (secondary N) is 1. The van der Waals surface area contributed by atoms with Gasteiger partial charge in [0, 0.05) is 24.7 Å². The van der Waals surface area contributed by atoms with Gasteiger partial charge in [0.05, 0.1) is 6.54 Å². The summed E-state index contributed by atoms with van der Waals surface area (Å²) in [5, 5.41) is 2.92. The van der Waals surface area contributed by atoms with Crippen LogP contribution in [-0.4, -0.2) is 54.6 Å². The number of hydrogen-bond donors (Lipinski definition) is 1. The number of benzene rings is 1. The van der Waals surface area contributed by atoms with Crippen LogP contribution in [-0.2, 0) is 0 Å². The number of piperidine rings is 2. The van der Waals surface area contributed by atoms with Crippen LogP contribution in [0.3, 0.4) is 0 Å². The van der Waals surface area contributed by atoms with Crippen molar-refractivity contribution in [3.63, 3.8) is 0 Å². The molecule has 24 heavy (non-hydrogen) atoms. The second kappa shape index (κ2) is 8.75. The van der Waals surface area contributed by atoms with Gasteiger partial charge in [-0.1, -0.05) is 36.5 Å². The molecule has 1 aromatic rings. The van der Waals surface area contributed by atoms with Crippen LogP contribution in [0, 0.1) is 11.8 Å². The number of nitrogens with zero attached hydrogens (tertiary/aromatic N) is 2. The van der Waals surface area contributed by atoms with Crippen molar-refractivity contribution in [1.82, 2.24) is 15.1 Å². The first kappa shape index (κ1) is 16.9. The van der Waals surface area contributed by atoms with E-state index in [-0.39, 0.29) is 6.03 Å². The van der Waals surface area contributed by atoms with E-state index in [1.54, 1.807) is 0 Å². The Morgan fingerprint density at radius 2 is 1.75 bits per heavy atom. The van der Waals surface area contributed by atoms with Crippen LogP contribution in [0.25, 0.3) is 0 Å². The standard InChI is InChI=1S/C20H27N3O/c24-20(21-13-7-10-18-8-3-1-4-9-18)23-16-11-19(12-17-23)22-14-5-2-6-15-22/h1,3-4,8-9,19H,2,5-6,11-17H2,(H,21,24). The van der Waals surface area contributed by atoms with Crippen molar-refractivity contribution >= 4 is 6.03 Å². The second-order valence-corrected chi connectivity index (χ2v) is 6.64. The molecule has 2 amide bonds. The minimum Gasteiger partial charge on any atom is -0.327 e. The number of carbonyl (C=O) groups excluding carboxylic acids is 1. The molecule has 2 aliphatic rings. The Morgan fingerprint density at radius 3 is 2.46 bits per heavy atom. The van der Waals surface area contributed by atoms with Gasteiger partial charge in [-0.05, 0) is 50.9 Å². The van der Waals surface area contributed by atoms with Gasteiger partial charge in [-0.3, -0.25) is 0 Å². The smallest absolute Gasteiger partial charge is 0.318 e. The summed E-state index contributed by atoms with van der Waals surface area (Å²) in [6.07, 6.45) is 6.25. The van der Waals surface area contributed by atoms with Crippen molar-refractivity contribution in [2.45, 2.75) is 38.1 Å². The molecule has 2 aliphatic heterocycles. The predicted octanol–water partition coefficient (Wildman–Crippen LogP) is 2.70. The average molecular weight is 325 g/mol. The Bertz CT molecular complexity index is 576. The maximum absolute atomic E-state index is 12.2. The zero-order valence-corrected chi connectivity index (χ0v) is 14.3. The molecule has 1 aromatic carbocycles. The number of carbonyl (C=O) groups is 1. The average Bonchev–Trinajstić information content (AvgIpc) is 2.67. The van der Waals surface area contributed by atoms with Crippen LogP contribution in [0.1, 0.15) is 37.7 Å². The summed E-state index contributed by atoms with van der Waals surface area (Å²) >= 11 is 0. The minimum absolute atomic E-state index is 0.0226. The molecule has 128 valence electrons. The number of rotatable bonds is 2. The number of amides is 2. The van der Waals surface area contributed by atoms with Gasteiger partial charge in [-0.2, -0.15) is 0 Å². The predicted molar refractivity (Wildman–Crippen MR) is 96.7 cm³/mol. The van der Waals surface area contributed by atoms with Crippen molar-refractivity contribution < 1.29 is 4.79 Å². The molecule has 4 nitrogen and oxygen atoms in total. The van der Waals surface area contributed by atoms with E-state index in [0.717, 1.165) is 31.5 Å². The zero-order chi connectivity index (χ0) is 16.6. The highest BCUT2D eigenvalue weighted by atomic mass is 16.2. The van der Waals surface area contributed by atoms with E-state index in [1.807, 2.05) is 35.2 Å². The second-order valence-electron chi connectivity index (χ2n) is 6.64. The lowest BCUT2D eigenvalue weighted by molar-refractivity contribution is 0.102. The molecule has 4 heteroatoms. The largest absolute Gasteiger partial charge is 0.327 e. The fraction of sp³-hybridized carbons (Fsp3) is 0.550. The van der Waals surface area contributed by atoms with Gasteiger partial charge in [0.15, 0.2) is 0 Å². The van der Waals surface area contributed by atoms with Crippen molar-refractivity contribution in [3.8, 4) is 11.8 Å². The van der Waals surface area contributed by atoms with E-state index in [2.05, 4.69) is 22.1 Å². The summed E-state index contributed by atoms with van der Waals surface area (Å²) in [5.41, 5.74) is 0.981. The molecular weight excluding hydrogens is 298 g/mol. The third-order valence-corrected chi connectivity index (χ3v) is 4.99. The third-order valence-electron chi connectivity index (χ3n) is 4.99. The zero-order valence-electron chi connectivity index (χ0n) is 14.3. The highest BCUT2D eigenvalue weighted by Gasteiger charge is 2.27. The first-order chi connectivity index (χ1) is 11.8. The molecule has 2 heterocycles. The maximum Gasteiger partial charge on any atom is 0.318 e. The molecule has 0 spiro atoms. The fourth-order valence-corrected chi connectivity index (χ4v) is 3.62. The van der Waals surface area contributed by atoms with Crippen LogP contribution in [0.4, 0.5) is 4.79 Å². The quantitative estimate of drug-likeness (QED) is 0.849. The summed E-state index contributed by atoms with van der Waals surface area (Å²) in [6, 6.07) is 10.5. The van der Waals surface area contributed by atoms with E-state index >= 15 is 0 Å². The molecule has 0 bridgehead atoms. The summed E-state index contributed by atoms with van der Waals surface area (Å²) in [7, 11) is 0. The van der Waals surface area contributed by atoms with E-state index in [0.29, 0.717) is 12.6 Å². The highest BCUT2D eigenvalue weighted by molar-refractivity contribution is 5.74. The van der Waals surface area contributed by atoms with E-state index in [9.17, 15) is 4.79 Å². The van der Waals surface area contributed by atoms with E-state index in [1.165, 1.54) is 32.4 Å². The van der Waals surface area contributed by atoms with Crippen molar-refractivity contribution in [2.75, 3.05) is 32.7 Å². The van der Waals surface area contributed by atoms with Gasteiger partial charge in [-0.15, -0.1) is 0 Å². The normalized spacial score (nSPS) is 19.4. The molecule has 0 aromatic heterocycles. The van der Waals surface area contributed by atoms with Gasteiger partial charge >= 0.3 is 6.03 Å². The molecule has 2 fully saturated rings. The highest BCUT2D eigenvalue weighted by Crippen LogP contribution is 2.20. The van der Waals surface area contributed by atoms with Crippen LogP contribution in [0.5, 0.6) is 0 Å². The maximum atomic E-state index is 12.2. The summed E-state index contributed by atoms with van der Waals surface area (Å²) in [5.74, 6) is 6.08. The molecule has 0 radical (unpaired) electrons. The Kier molecular flexibility index (Phi) is 6.14. The lowest BCUT2D eigenvalue weighted by Crippen LogP contribution is -2.50. The van der Waals surface area contributed by atoms with Gasteiger partial charge in [0.1, 0.15) is 0 Å². The first-order valence-corrected chi connectivity index (χ1v) is 9.14. The molecular formula is C20H27N3O. The van der Waals surface area contributed by atoms with Crippen LogP contribution in [0.2, 0.25) is 0 Å². The van der Waals surface area contributed by atoms with Crippen LogP contribution >= 0.6 is 0 Å². The molecule has 0 atom stereocenters. The monoisotopic (exact) mass is 325 g/mol. The Morgan fingerprint density at radius 1 is 1.04 bits per heavy atom. The van der Waals surface area contributed by atoms with Gasteiger partial charge < -0.3 is 15.1 Å². The van der Waals surface area contributed by atoms with Gasteiger partial charge in [-0.25, -0.2) is 4.79 Å². The third kappa shape index (κ3) is 4.75. The van der Waals surface area contributed by atoms with Crippen LogP contribution < -0.4 is 5.32 Å². The Labute approximate surface area is 145 Å². The summed E-state index contributed by atoms with van der Waals surface area (Å²) in [4.78, 5) is 16.8. The molecule has 0 aliphatic carbocycles. The van der Waals surface area contributed by atoms with E-state index in [4.69, 9.17) is 0 Å². The van der Waals surface area contributed by atoms with Crippen molar-refractivity contribution in [3.05, 3.63) is 35.9 Å². The van der Waals surface area contributed by atoms with Crippen LogP contribution in [0.15, 0.2) is 30.3 Å². The number of urea groups is 1. The Balaban J connectivity index is 1.38. The van der Waals surface area contributed by atoms with Gasteiger partial charge in [0.25, 0.3) is 0 Å². The lowest BCUT2D eigenvalue weighted by atomic mass is 10.0. The minimum atomic E-state index is 0.0226. The molecule has 2 saturated heterocycles. The summed E-state index contributed by atoms with van der Waals surface area (Å²) < 4.78 is 0. The number of likely N-dealkylation sites (tertiary alicyclic amines) is 2.